The summed E-state index contributed by atoms with van der Waals surface area (Å²) in [6, 6.07) is 7.93. The highest BCUT2D eigenvalue weighted by atomic mass is 35.5. The van der Waals surface area contributed by atoms with Crippen molar-refractivity contribution in [2.24, 2.45) is 0 Å². The first-order valence-corrected chi connectivity index (χ1v) is 10.2. The molecule has 0 aromatic heterocycles. The van der Waals surface area contributed by atoms with E-state index in [0.717, 1.165) is 70.3 Å². The van der Waals surface area contributed by atoms with Crippen molar-refractivity contribution in [3.63, 3.8) is 0 Å². The first-order valence-electron chi connectivity index (χ1n) is 10.2. The monoisotopic (exact) mass is 409 g/mol. The number of para-hydroxylation sites is 1. The number of imide groups is 1. The van der Waals surface area contributed by atoms with Crippen LogP contribution in [0.15, 0.2) is 24.3 Å². The first-order chi connectivity index (χ1) is 13.2. The number of nitrogens with zero attached hydrogens (tertiary/aromatic N) is 2. The van der Waals surface area contributed by atoms with Crippen LogP contribution in [0.4, 0.5) is 4.79 Å². The summed E-state index contributed by atoms with van der Waals surface area (Å²) in [5.74, 6) is 0.985. The number of unbranched alkanes of at least 4 members (excludes halogenated alkanes) is 2. The molecule has 1 aromatic rings. The second-order valence-corrected chi connectivity index (χ2v) is 7.35. The lowest BCUT2D eigenvalue weighted by Gasteiger charge is -2.15. The van der Waals surface area contributed by atoms with E-state index in [0.29, 0.717) is 6.54 Å². The van der Waals surface area contributed by atoms with Gasteiger partial charge >= 0.3 is 6.03 Å². The molecule has 1 aromatic carbocycles. The van der Waals surface area contributed by atoms with E-state index < -0.39 is 0 Å². The summed E-state index contributed by atoms with van der Waals surface area (Å²) in [4.78, 5) is 27.6. The molecule has 2 aliphatic heterocycles. The molecule has 6 nitrogen and oxygen atoms in total. The maximum Gasteiger partial charge on any atom is 0.327 e. The minimum absolute atomic E-state index is 0. The molecular formula is C21H32ClN3O3. The van der Waals surface area contributed by atoms with Gasteiger partial charge in [-0.25, -0.2) is 4.79 Å². The van der Waals surface area contributed by atoms with Gasteiger partial charge in [-0.15, -0.1) is 12.4 Å². The average Bonchev–Trinajstić information content (AvgIpc) is 3.26. The highest BCUT2D eigenvalue weighted by molar-refractivity contribution is 6.04. The number of hydrogen-bond donors (Lipinski definition) is 1. The number of methoxy groups -OCH3 is 1. The second kappa shape index (κ2) is 11.3. The molecule has 2 fully saturated rings. The second-order valence-electron chi connectivity index (χ2n) is 7.35. The molecule has 0 aliphatic carbocycles. The summed E-state index contributed by atoms with van der Waals surface area (Å²) in [5.41, 5.74) is 1.26. The van der Waals surface area contributed by atoms with Crippen molar-refractivity contribution < 1.29 is 14.3 Å². The number of rotatable bonds is 11. The van der Waals surface area contributed by atoms with Crippen LogP contribution in [0.25, 0.3) is 0 Å². The third-order valence-corrected chi connectivity index (χ3v) is 5.51. The van der Waals surface area contributed by atoms with Gasteiger partial charge in [0.15, 0.2) is 0 Å². The minimum Gasteiger partial charge on any atom is -0.496 e. The fourth-order valence-electron chi connectivity index (χ4n) is 4.01. The number of halogens is 1. The molecule has 7 heteroatoms. The van der Waals surface area contributed by atoms with Gasteiger partial charge in [0.1, 0.15) is 11.8 Å². The molecule has 2 aliphatic rings. The number of amides is 3. The zero-order valence-electron chi connectivity index (χ0n) is 16.7. The molecule has 2 heterocycles. The fourth-order valence-corrected chi connectivity index (χ4v) is 4.01. The van der Waals surface area contributed by atoms with Crippen molar-refractivity contribution in [1.29, 1.82) is 0 Å². The van der Waals surface area contributed by atoms with E-state index in [1.807, 2.05) is 12.1 Å². The molecule has 0 saturated carbocycles. The standard InChI is InChI=1S/C21H31N3O3.ClH/c1-27-19-12-3-2-9-17(19)10-4-5-13-22-14-6-7-15-24-20(25)18-11-8-16-23(18)21(24)26;/h2-3,9,12,18,22H,4-8,10-11,13-16H2,1H3;1H. The normalized spacial score (nSPS) is 18.4. The number of urea groups is 1. The summed E-state index contributed by atoms with van der Waals surface area (Å²) in [5, 5.41) is 3.46. The molecular weight excluding hydrogens is 378 g/mol. The molecule has 0 bridgehead atoms. The van der Waals surface area contributed by atoms with Gasteiger partial charge in [0.25, 0.3) is 5.91 Å². The topological polar surface area (TPSA) is 61.9 Å². The van der Waals surface area contributed by atoms with E-state index in [9.17, 15) is 9.59 Å². The zero-order chi connectivity index (χ0) is 19.1. The minimum atomic E-state index is -0.168. The van der Waals surface area contributed by atoms with E-state index in [4.69, 9.17) is 4.74 Å². The average molecular weight is 410 g/mol. The smallest absolute Gasteiger partial charge is 0.327 e. The molecule has 1 atom stereocenters. The molecule has 1 unspecified atom stereocenters. The number of aryl methyl sites for hydroxylation is 1. The third-order valence-electron chi connectivity index (χ3n) is 5.51. The molecule has 2 saturated heterocycles. The van der Waals surface area contributed by atoms with Crippen LogP contribution >= 0.6 is 12.4 Å². The number of hydrogen-bond acceptors (Lipinski definition) is 4. The lowest BCUT2D eigenvalue weighted by molar-refractivity contribution is -0.128. The van der Waals surface area contributed by atoms with Gasteiger partial charge in [0.05, 0.1) is 7.11 Å². The van der Waals surface area contributed by atoms with Crippen molar-refractivity contribution >= 4 is 24.3 Å². The molecule has 28 heavy (non-hydrogen) atoms. The van der Waals surface area contributed by atoms with Gasteiger partial charge in [-0.05, 0) is 69.7 Å². The van der Waals surface area contributed by atoms with Gasteiger partial charge in [-0.2, -0.15) is 0 Å². The number of carbonyl (C=O) groups is 2. The molecule has 156 valence electrons. The van der Waals surface area contributed by atoms with Crippen LogP contribution in [-0.2, 0) is 11.2 Å². The van der Waals surface area contributed by atoms with Gasteiger partial charge in [-0.1, -0.05) is 18.2 Å². The molecule has 0 spiro atoms. The summed E-state index contributed by atoms with van der Waals surface area (Å²) >= 11 is 0. The van der Waals surface area contributed by atoms with Crippen molar-refractivity contribution in [2.75, 3.05) is 33.3 Å². The number of fused-ring (bicyclic) bond motifs is 1. The van der Waals surface area contributed by atoms with Crippen LogP contribution in [0.3, 0.4) is 0 Å². The Kier molecular flexibility index (Phi) is 9.06. The number of benzene rings is 1. The summed E-state index contributed by atoms with van der Waals surface area (Å²) in [7, 11) is 1.72. The van der Waals surface area contributed by atoms with Crippen molar-refractivity contribution in [1.82, 2.24) is 15.1 Å². The predicted octanol–water partition coefficient (Wildman–Crippen LogP) is 3.24. The lowest BCUT2D eigenvalue weighted by atomic mass is 10.1. The Morgan fingerprint density at radius 2 is 1.86 bits per heavy atom. The number of carbonyl (C=O) groups excluding carboxylic acids is 2. The fraction of sp³-hybridized carbons (Fsp3) is 0.619. The highest BCUT2D eigenvalue weighted by Gasteiger charge is 2.46. The Morgan fingerprint density at radius 3 is 2.61 bits per heavy atom. The van der Waals surface area contributed by atoms with E-state index in [2.05, 4.69) is 17.4 Å². The zero-order valence-corrected chi connectivity index (χ0v) is 17.5. The predicted molar refractivity (Wildman–Crippen MR) is 112 cm³/mol. The van der Waals surface area contributed by atoms with Crippen LogP contribution in [0.2, 0.25) is 0 Å². The van der Waals surface area contributed by atoms with E-state index in [1.54, 1.807) is 12.0 Å². The van der Waals surface area contributed by atoms with E-state index in [1.165, 1.54) is 10.5 Å². The summed E-state index contributed by atoms with van der Waals surface area (Å²) < 4.78 is 5.38. The molecule has 0 radical (unpaired) electrons. The highest BCUT2D eigenvalue weighted by Crippen LogP contribution is 2.27. The van der Waals surface area contributed by atoms with E-state index >= 15 is 0 Å². The quantitative estimate of drug-likeness (QED) is 0.450. The SMILES string of the molecule is COc1ccccc1CCCCNCCCCN1C(=O)C2CCCN2C1=O.Cl. The third kappa shape index (κ3) is 5.39. The Hall–Kier alpha value is -1.79. The summed E-state index contributed by atoms with van der Waals surface area (Å²) in [6.07, 6.45) is 6.91. The van der Waals surface area contributed by atoms with Crippen LogP contribution < -0.4 is 10.1 Å². The van der Waals surface area contributed by atoms with Crippen molar-refractivity contribution in [3.8, 4) is 5.75 Å². The first kappa shape index (κ1) is 22.5. The van der Waals surface area contributed by atoms with Crippen molar-refractivity contribution in [2.45, 2.75) is 51.0 Å². The lowest BCUT2D eigenvalue weighted by Crippen LogP contribution is -2.34. The number of ether oxygens (including phenoxy) is 1. The Bertz CT molecular complexity index is 634. The maximum absolute atomic E-state index is 12.2. The number of nitrogens with one attached hydrogen (secondary N) is 1. The van der Waals surface area contributed by atoms with Gasteiger partial charge in [0, 0.05) is 13.1 Å². The summed E-state index contributed by atoms with van der Waals surface area (Å²) in [6.45, 7) is 3.22. The Balaban J connectivity index is 0.00000280. The van der Waals surface area contributed by atoms with Crippen LogP contribution in [-0.4, -0.2) is 61.1 Å². The van der Waals surface area contributed by atoms with Gasteiger partial charge in [0.2, 0.25) is 0 Å². The Labute approximate surface area is 174 Å². The van der Waals surface area contributed by atoms with E-state index in [-0.39, 0.29) is 30.4 Å². The van der Waals surface area contributed by atoms with Gasteiger partial charge in [-0.3, -0.25) is 9.69 Å². The van der Waals surface area contributed by atoms with Crippen molar-refractivity contribution in [3.05, 3.63) is 29.8 Å². The molecule has 3 rings (SSSR count). The molecule has 3 amide bonds. The van der Waals surface area contributed by atoms with Crippen LogP contribution in [0, 0.1) is 0 Å². The maximum atomic E-state index is 12.2. The van der Waals surface area contributed by atoms with Crippen LogP contribution in [0.5, 0.6) is 5.75 Å². The van der Waals surface area contributed by atoms with Gasteiger partial charge < -0.3 is 15.0 Å². The molecule has 1 N–H and O–H groups in total. The van der Waals surface area contributed by atoms with Crippen LogP contribution in [0.1, 0.15) is 44.1 Å². The largest absolute Gasteiger partial charge is 0.496 e. The Morgan fingerprint density at radius 1 is 1.11 bits per heavy atom.